The van der Waals surface area contributed by atoms with Crippen molar-refractivity contribution in [2.45, 2.75) is 14.7 Å². The summed E-state index contributed by atoms with van der Waals surface area (Å²) in [4.78, 5) is 4.09. The molecular weight excluding hydrogens is 477 g/mol. The maximum absolute atomic E-state index is 13.0. The molecule has 1 atom stereocenters. The molecule has 3 aromatic carbocycles. The van der Waals surface area contributed by atoms with Gasteiger partial charge in [-0.15, -0.1) is 0 Å². The Bertz CT molecular complexity index is 1160. The molecule has 3 rings (SSSR count). The molecule has 3 aromatic rings. The van der Waals surface area contributed by atoms with Crippen molar-refractivity contribution < 1.29 is 8.42 Å². The first kappa shape index (κ1) is 24.0. The standard InChI is InChI=1S/C22H24Cl3N3O2S/c1-27(2)18-12-8-11-16-17(13-14-19(20(16)18)28(3)4)21(22(23,24)25)26-31(29,30)15-9-6-5-7-10-15/h5-14,21,26H,1-4H3/t21-/m0/s1. The van der Waals surface area contributed by atoms with Gasteiger partial charge in [0.2, 0.25) is 13.8 Å². The molecule has 166 valence electrons. The Labute approximate surface area is 198 Å². The van der Waals surface area contributed by atoms with Crippen LogP contribution in [0.15, 0.2) is 65.6 Å². The molecular formula is C22H24Cl3N3O2S. The third kappa shape index (κ3) is 5.04. The SMILES string of the molecule is CN(C)c1cccc2c([C@H](NS(=O)(=O)c3ccccc3)C(Cl)(Cl)Cl)ccc(N(C)C)c12. The van der Waals surface area contributed by atoms with Gasteiger partial charge in [-0.3, -0.25) is 0 Å². The average Bonchev–Trinajstić information content (AvgIpc) is 2.70. The molecule has 0 saturated carbocycles. The van der Waals surface area contributed by atoms with Crippen LogP contribution < -0.4 is 14.5 Å². The number of rotatable bonds is 6. The van der Waals surface area contributed by atoms with Gasteiger partial charge in [-0.2, -0.15) is 4.72 Å². The molecule has 31 heavy (non-hydrogen) atoms. The normalized spacial score (nSPS) is 13.3. The molecule has 0 amide bonds. The summed E-state index contributed by atoms with van der Waals surface area (Å²) in [5.74, 6) is 0. The van der Waals surface area contributed by atoms with Crippen LogP contribution in [0.1, 0.15) is 11.6 Å². The fraction of sp³-hybridized carbons (Fsp3) is 0.273. The Balaban J connectivity index is 2.25. The zero-order chi connectivity index (χ0) is 23.0. The van der Waals surface area contributed by atoms with Gasteiger partial charge in [-0.25, -0.2) is 8.42 Å². The summed E-state index contributed by atoms with van der Waals surface area (Å²) >= 11 is 18.9. The van der Waals surface area contributed by atoms with Crippen molar-refractivity contribution in [1.29, 1.82) is 0 Å². The Morgan fingerprint density at radius 2 is 1.39 bits per heavy atom. The topological polar surface area (TPSA) is 52.7 Å². The summed E-state index contributed by atoms with van der Waals surface area (Å²) in [6, 6.07) is 16.4. The lowest BCUT2D eigenvalue weighted by molar-refractivity contribution is 0.559. The molecule has 0 heterocycles. The van der Waals surface area contributed by atoms with Crippen LogP contribution in [0.3, 0.4) is 0 Å². The molecule has 0 unspecified atom stereocenters. The monoisotopic (exact) mass is 499 g/mol. The molecule has 0 fully saturated rings. The summed E-state index contributed by atoms with van der Waals surface area (Å²) < 4.78 is 26.8. The summed E-state index contributed by atoms with van der Waals surface area (Å²) in [6.45, 7) is 0. The minimum atomic E-state index is -3.94. The average molecular weight is 501 g/mol. The summed E-state index contributed by atoms with van der Waals surface area (Å²) in [5.41, 5.74) is 2.51. The van der Waals surface area contributed by atoms with Crippen LogP contribution in [0.25, 0.3) is 10.8 Å². The quantitative estimate of drug-likeness (QED) is 0.463. The molecule has 0 spiro atoms. The van der Waals surface area contributed by atoms with E-state index in [2.05, 4.69) is 4.72 Å². The number of anilines is 2. The number of fused-ring (bicyclic) bond motifs is 1. The molecule has 0 aliphatic carbocycles. The molecule has 0 aromatic heterocycles. The predicted octanol–water partition coefficient (Wildman–Crippen LogP) is 5.36. The van der Waals surface area contributed by atoms with E-state index in [1.54, 1.807) is 24.3 Å². The second-order valence-electron chi connectivity index (χ2n) is 7.57. The van der Waals surface area contributed by atoms with Gasteiger partial charge >= 0.3 is 0 Å². The zero-order valence-corrected chi connectivity index (χ0v) is 20.7. The van der Waals surface area contributed by atoms with E-state index in [4.69, 9.17) is 34.8 Å². The number of hydrogen-bond acceptors (Lipinski definition) is 4. The van der Waals surface area contributed by atoms with Crippen LogP contribution >= 0.6 is 34.8 Å². The van der Waals surface area contributed by atoms with Crippen molar-refractivity contribution >= 4 is 67.0 Å². The fourth-order valence-electron chi connectivity index (χ4n) is 3.52. The number of alkyl halides is 3. The smallest absolute Gasteiger partial charge is 0.241 e. The molecule has 0 bridgehead atoms. The third-order valence-corrected chi connectivity index (χ3v) is 7.05. The van der Waals surface area contributed by atoms with Crippen molar-refractivity contribution in [3.63, 3.8) is 0 Å². The number of nitrogens with zero attached hydrogens (tertiary/aromatic N) is 2. The van der Waals surface area contributed by atoms with Gasteiger partial charge in [0.1, 0.15) is 0 Å². The number of benzene rings is 3. The van der Waals surface area contributed by atoms with Gasteiger partial charge in [-0.1, -0.05) is 71.2 Å². The van der Waals surface area contributed by atoms with Gasteiger partial charge in [0.05, 0.1) is 10.9 Å². The minimum Gasteiger partial charge on any atom is -0.377 e. The highest BCUT2D eigenvalue weighted by atomic mass is 35.6. The molecule has 0 radical (unpaired) electrons. The van der Waals surface area contributed by atoms with Crippen LogP contribution in [0.2, 0.25) is 0 Å². The lowest BCUT2D eigenvalue weighted by Crippen LogP contribution is -2.36. The summed E-state index contributed by atoms with van der Waals surface area (Å²) in [6.07, 6.45) is 0. The van der Waals surface area contributed by atoms with Crippen LogP contribution in [-0.4, -0.2) is 40.4 Å². The number of nitrogens with one attached hydrogen (secondary N) is 1. The van der Waals surface area contributed by atoms with Crippen LogP contribution in [0, 0.1) is 0 Å². The van der Waals surface area contributed by atoms with Gasteiger partial charge in [0.25, 0.3) is 0 Å². The number of sulfonamides is 1. The maximum atomic E-state index is 13.0. The van der Waals surface area contributed by atoms with E-state index in [9.17, 15) is 8.42 Å². The second-order valence-corrected chi connectivity index (χ2v) is 11.7. The highest BCUT2D eigenvalue weighted by Crippen LogP contribution is 2.45. The van der Waals surface area contributed by atoms with Gasteiger partial charge in [0, 0.05) is 45.0 Å². The van der Waals surface area contributed by atoms with Crippen molar-refractivity contribution in [3.8, 4) is 0 Å². The maximum Gasteiger partial charge on any atom is 0.241 e. The zero-order valence-electron chi connectivity index (χ0n) is 17.6. The van der Waals surface area contributed by atoms with Crippen LogP contribution in [-0.2, 0) is 10.0 Å². The highest BCUT2D eigenvalue weighted by Gasteiger charge is 2.38. The van der Waals surface area contributed by atoms with Gasteiger partial charge in [0.15, 0.2) is 0 Å². The first-order chi connectivity index (χ1) is 14.4. The number of hydrogen-bond donors (Lipinski definition) is 1. The Hall–Kier alpha value is -1.70. The first-order valence-electron chi connectivity index (χ1n) is 9.48. The molecule has 0 saturated heterocycles. The highest BCUT2D eigenvalue weighted by molar-refractivity contribution is 7.89. The van der Waals surface area contributed by atoms with Gasteiger partial charge < -0.3 is 9.80 Å². The van der Waals surface area contributed by atoms with E-state index >= 15 is 0 Å². The Morgan fingerprint density at radius 1 is 0.806 bits per heavy atom. The van der Waals surface area contributed by atoms with E-state index in [-0.39, 0.29) is 4.90 Å². The summed E-state index contributed by atoms with van der Waals surface area (Å²) in [5, 5.41) is 1.73. The largest absolute Gasteiger partial charge is 0.377 e. The molecule has 9 heteroatoms. The van der Waals surface area contributed by atoms with E-state index < -0.39 is 19.9 Å². The third-order valence-electron chi connectivity index (χ3n) is 4.96. The van der Waals surface area contributed by atoms with Crippen molar-refractivity contribution in [2.24, 2.45) is 0 Å². The lowest BCUT2D eigenvalue weighted by Gasteiger charge is -2.29. The number of halogens is 3. The van der Waals surface area contributed by atoms with Crippen LogP contribution in [0.5, 0.6) is 0 Å². The lowest BCUT2D eigenvalue weighted by atomic mass is 9.96. The fourth-order valence-corrected chi connectivity index (χ4v) is 5.49. The molecule has 0 aliphatic heterocycles. The van der Waals surface area contributed by atoms with E-state index in [1.807, 2.05) is 62.3 Å². The van der Waals surface area contributed by atoms with Crippen molar-refractivity contribution in [2.75, 3.05) is 38.0 Å². The second kappa shape index (κ2) is 9.04. The van der Waals surface area contributed by atoms with E-state index in [1.165, 1.54) is 12.1 Å². The van der Waals surface area contributed by atoms with E-state index in [0.29, 0.717) is 5.56 Å². The Morgan fingerprint density at radius 3 is 1.94 bits per heavy atom. The molecule has 5 nitrogen and oxygen atoms in total. The predicted molar refractivity (Wildman–Crippen MR) is 132 cm³/mol. The Kier molecular flexibility index (Phi) is 6.99. The summed E-state index contributed by atoms with van der Waals surface area (Å²) in [7, 11) is 3.86. The van der Waals surface area contributed by atoms with Crippen molar-refractivity contribution in [1.82, 2.24) is 4.72 Å². The molecule has 1 N–H and O–H groups in total. The van der Waals surface area contributed by atoms with Crippen LogP contribution in [0.4, 0.5) is 11.4 Å². The van der Waals surface area contributed by atoms with Gasteiger partial charge in [-0.05, 0) is 35.2 Å². The minimum absolute atomic E-state index is 0.0949. The first-order valence-corrected chi connectivity index (χ1v) is 12.1. The molecule has 0 aliphatic rings. The van der Waals surface area contributed by atoms with E-state index in [0.717, 1.165) is 22.1 Å². The van der Waals surface area contributed by atoms with Crippen molar-refractivity contribution in [3.05, 3.63) is 66.2 Å².